The molecule has 0 aliphatic heterocycles. The third-order valence-corrected chi connectivity index (χ3v) is 4.13. The van der Waals surface area contributed by atoms with Gasteiger partial charge in [-0.2, -0.15) is 0 Å². The molecule has 2 rings (SSSR count). The Morgan fingerprint density at radius 3 is 2.41 bits per heavy atom. The molecule has 3 amide bonds. The second kappa shape index (κ2) is 10.1. The highest BCUT2D eigenvalue weighted by molar-refractivity contribution is 5.96. The number of urea groups is 1. The molecule has 0 radical (unpaired) electrons. The largest absolute Gasteiger partial charge is 0.490 e. The number of quaternary nitrogens is 1. The Bertz CT molecular complexity index is 760. The second-order valence-corrected chi connectivity index (χ2v) is 6.18. The number of carbonyl (C=O) groups is 2. The van der Waals surface area contributed by atoms with Gasteiger partial charge in [-0.15, -0.1) is 0 Å². The van der Waals surface area contributed by atoms with Crippen LogP contribution in [0.2, 0.25) is 0 Å². The molecule has 0 fully saturated rings. The second-order valence-electron chi connectivity index (χ2n) is 6.18. The zero-order chi connectivity index (χ0) is 19.6. The summed E-state index contributed by atoms with van der Waals surface area (Å²) in [5.41, 5.74) is 1.91. The molecule has 1 unspecified atom stereocenters. The Balaban J connectivity index is 2.15. The molecular formula is C21H26N3O3+. The van der Waals surface area contributed by atoms with Gasteiger partial charge in [-0.3, -0.25) is 10.1 Å². The number of amides is 3. The first-order valence-electron chi connectivity index (χ1n) is 8.77. The lowest BCUT2D eigenvalue weighted by Gasteiger charge is -2.24. The molecule has 0 aliphatic rings. The third-order valence-electron chi connectivity index (χ3n) is 4.13. The molecule has 3 N–H and O–H groups in total. The van der Waals surface area contributed by atoms with Crippen LogP contribution in [-0.2, 0) is 11.3 Å². The van der Waals surface area contributed by atoms with E-state index < -0.39 is 12.1 Å². The van der Waals surface area contributed by atoms with Gasteiger partial charge in [-0.25, -0.2) is 4.79 Å². The standard InChI is InChI=1S/C21H25N3O3/c1-4-14-27-18-12-10-16(11-13-18)15-24(3)19(17-8-6-5-7-9-17)20(25)23-21(26)22-2/h4-13,19H,1,14-15H2,2-3H3,(H2,22,23,25,26)/p+1/t19-/m0/s1. The number of ether oxygens (including phenoxy) is 1. The molecule has 0 saturated carbocycles. The van der Waals surface area contributed by atoms with E-state index in [9.17, 15) is 9.59 Å². The molecule has 2 aromatic rings. The molecule has 0 aromatic heterocycles. The highest BCUT2D eigenvalue weighted by Gasteiger charge is 2.30. The summed E-state index contributed by atoms with van der Waals surface area (Å²) in [4.78, 5) is 25.2. The van der Waals surface area contributed by atoms with Crippen molar-refractivity contribution in [2.24, 2.45) is 0 Å². The van der Waals surface area contributed by atoms with Crippen LogP contribution in [0.4, 0.5) is 4.79 Å². The van der Waals surface area contributed by atoms with Crippen molar-refractivity contribution < 1.29 is 19.2 Å². The van der Waals surface area contributed by atoms with Crippen molar-refractivity contribution >= 4 is 11.9 Å². The summed E-state index contributed by atoms with van der Waals surface area (Å²) in [5.74, 6) is 0.428. The van der Waals surface area contributed by atoms with Crippen LogP contribution in [-0.4, -0.2) is 32.6 Å². The number of carbonyl (C=O) groups excluding carboxylic acids is 2. The van der Waals surface area contributed by atoms with Crippen molar-refractivity contribution in [3.63, 3.8) is 0 Å². The Labute approximate surface area is 159 Å². The van der Waals surface area contributed by atoms with Gasteiger partial charge in [0.1, 0.15) is 18.9 Å². The van der Waals surface area contributed by atoms with Gasteiger partial charge in [0.05, 0.1) is 7.05 Å². The summed E-state index contributed by atoms with van der Waals surface area (Å²) < 4.78 is 5.49. The van der Waals surface area contributed by atoms with Gasteiger partial charge in [0, 0.05) is 18.2 Å². The fraction of sp³-hybridized carbons (Fsp3) is 0.238. The average molecular weight is 368 g/mol. The Morgan fingerprint density at radius 1 is 1.15 bits per heavy atom. The van der Waals surface area contributed by atoms with Gasteiger partial charge in [-0.1, -0.05) is 43.0 Å². The number of imide groups is 1. The van der Waals surface area contributed by atoms with E-state index in [1.807, 2.05) is 61.6 Å². The smallest absolute Gasteiger partial charge is 0.321 e. The predicted octanol–water partition coefficient (Wildman–Crippen LogP) is 1.46. The molecule has 2 atom stereocenters. The highest BCUT2D eigenvalue weighted by Crippen LogP contribution is 2.13. The summed E-state index contributed by atoms with van der Waals surface area (Å²) in [7, 11) is 3.41. The number of nitrogens with one attached hydrogen (secondary N) is 3. The average Bonchev–Trinajstić information content (AvgIpc) is 2.68. The van der Waals surface area contributed by atoms with Crippen LogP contribution in [0.15, 0.2) is 67.3 Å². The predicted molar refractivity (Wildman–Crippen MR) is 105 cm³/mol. The summed E-state index contributed by atoms with van der Waals surface area (Å²) in [6.07, 6.45) is 1.70. The molecule has 2 aromatic carbocycles. The number of likely N-dealkylation sites (N-methyl/N-ethyl adjacent to an activating group) is 1. The van der Waals surface area contributed by atoms with E-state index in [0.29, 0.717) is 13.2 Å². The number of hydrogen-bond acceptors (Lipinski definition) is 3. The topological polar surface area (TPSA) is 71.9 Å². The molecule has 0 aliphatic carbocycles. The summed E-state index contributed by atoms with van der Waals surface area (Å²) >= 11 is 0. The van der Waals surface area contributed by atoms with Crippen LogP contribution < -0.4 is 20.3 Å². The molecule has 0 bridgehead atoms. The van der Waals surface area contributed by atoms with E-state index >= 15 is 0 Å². The van der Waals surface area contributed by atoms with Crippen molar-refractivity contribution in [3.05, 3.63) is 78.4 Å². The molecule has 27 heavy (non-hydrogen) atoms. The molecule has 142 valence electrons. The van der Waals surface area contributed by atoms with Crippen LogP contribution in [0.1, 0.15) is 17.2 Å². The van der Waals surface area contributed by atoms with Crippen LogP contribution in [0.25, 0.3) is 0 Å². The van der Waals surface area contributed by atoms with Crippen molar-refractivity contribution in [2.45, 2.75) is 12.6 Å². The number of hydrogen-bond donors (Lipinski definition) is 3. The molecule has 0 saturated heterocycles. The number of rotatable bonds is 8. The van der Waals surface area contributed by atoms with Gasteiger partial charge < -0.3 is 15.0 Å². The van der Waals surface area contributed by atoms with E-state index in [4.69, 9.17) is 4.74 Å². The van der Waals surface area contributed by atoms with E-state index in [2.05, 4.69) is 17.2 Å². The van der Waals surface area contributed by atoms with Crippen LogP contribution >= 0.6 is 0 Å². The quantitative estimate of drug-likeness (QED) is 0.618. The minimum atomic E-state index is -0.516. The minimum absolute atomic E-state index is 0.344. The normalized spacial score (nSPS) is 12.5. The lowest BCUT2D eigenvalue weighted by atomic mass is 10.0. The van der Waals surface area contributed by atoms with Crippen LogP contribution in [0.5, 0.6) is 5.75 Å². The van der Waals surface area contributed by atoms with E-state index in [0.717, 1.165) is 21.8 Å². The molecule has 6 heteroatoms. The maximum absolute atomic E-state index is 12.7. The van der Waals surface area contributed by atoms with Gasteiger partial charge in [0.15, 0.2) is 6.04 Å². The van der Waals surface area contributed by atoms with Gasteiger partial charge in [-0.05, 0) is 24.3 Å². The SMILES string of the molecule is C=CCOc1ccc(C[NH+](C)[C@H](C(=O)NC(=O)NC)c2ccccc2)cc1. The van der Waals surface area contributed by atoms with E-state index in [1.165, 1.54) is 7.05 Å². The van der Waals surface area contributed by atoms with Crippen LogP contribution in [0, 0.1) is 0 Å². The first kappa shape index (κ1) is 20.2. The van der Waals surface area contributed by atoms with E-state index in [1.54, 1.807) is 6.08 Å². The van der Waals surface area contributed by atoms with Crippen LogP contribution in [0.3, 0.4) is 0 Å². The zero-order valence-electron chi connectivity index (χ0n) is 15.7. The minimum Gasteiger partial charge on any atom is -0.490 e. The molecule has 0 heterocycles. The van der Waals surface area contributed by atoms with E-state index in [-0.39, 0.29) is 5.91 Å². The molecule has 6 nitrogen and oxygen atoms in total. The Morgan fingerprint density at radius 2 is 1.81 bits per heavy atom. The lowest BCUT2D eigenvalue weighted by Crippen LogP contribution is -3.09. The Kier molecular flexibility index (Phi) is 7.58. The molecule has 0 spiro atoms. The first-order valence-corrected chi connectivity index (χ1v) is 8.77. The maximum atomic E-state index is 12.7. The molecular weight excluding hydrogens is 342 g/mol. The van der Waals surface area contributed by atoms with Crippen molar-refractivity contribution in [1.29, 1.82) is 0 Å². The monoisotopic (exact) mass is 368 g/mol. The fourth-order valence-electron chi connectivity index (χ4n) is 2.83. The van der Waals surface area contributed by atoms with Gasteiger partial charge in [0.25, 0.3) is 5.91 Å². The van der Waals surface area contributed by atoms with Gasteiger partial charge in [0.2, 0.25) is 0 Å². The summed E-state index contributed by atoms with van der Waals surface area (Å²) in [5, 5.41) is 4.80. The fourth-order valence-corrected chi connectivity index (χ4v) is 2.83. The Hall–Kier alpha value is -3.12. The highest BCUT2D eigenvalue weighted by atomic mass is 16.5. The van der Waals surface area contributed by atoms with Gasteiger partial charge >= 0.3 is 6.03 Å². The number of benzene rings is 2. The lowest BCUT2D eigenvalue weighted by molar-refractivity contribution is -0.916. The van der Waals surface area contributed by atoms with Crippen molar-refractivity contribution in [3.8, 4) is 5.75 Å². The van der Waals surface area contributed by atoms with Crippen molar-refractivity contribution in [1.82, 2.24) is 10.6 Å². The van der Waals surface area contributed by atoms with Crippen molar-refractivity contribution in [2.75, 3.05) is 20.7 Å². The maximum Gasteiger partial charge on any atom is 0.321 e. The zero-order valence-corrected chi connectivity index (χ0v) is 15.7. The first-order chi connectivity index (χ1) is 13.0. The third kappa shape index (κ3) is 5.97. The summed E-state index contributed by atoms with van der Waals surface area (Å²) in [6, 6.07) is 16.2. The summed E-state index contributed by atoms with van der Waals surface area (Å²) in [6.45, 7) is 4.70.